The zero-order valence-corrected chi connectivity index (χ0v) is 11.3. The van der Waals surface area contributed by atoms with Crippen LogP contribution in [-0.2, 0) is 4.57 Å². The van der Waals surface area contributed by atoms with E-state index in [-0.39, 0.29) is 6.01 Å². The second kappa shape index (κ2) is 4.52. The third kappa shape index (κ3) is 3.87. The Labute approximate surface area is 87.6 Å². The van der Waals surface area contributed by atoms with Crippen LogP contribution in [0.15, 0.2) is 6.33 Å². The van der Waals surface area contributed by atoms with Gasteiger partial charge in [0.25, 0.3) is 0 Å². The Balaban J connectivity index is 2.89. The van der Waals surface area contributed by atoms with Gasteiger partial charge in [0.05, 0.1) is 0 Å². The Morgan fingerprint density at radius 2 is 2.07 bits per heavy atom. The molecule has 0 aromatic carbocycles. The fourth-order valence-corrected chi connectivity index (χ4v) is 2.79. The van der Waals surface area contributed by atoms with Gasteiger partial charge in [-0.05, 0) is 0 Å². The first-order valence-corrected chi connectivity index (χ1v) is 12.3. The molecule has 1 aromatic heterocycles. The molecule has 1 rings (SSSR count). The number of phosphoric acid groups is 1. The third-order valence-corrected chi connectivity index (χ3v) is 4.84. The Morgan fingerprint density at radius 3 is 2.57 bits per heavy atom. The van der Waals surface area contributed by atoms with E-state index in [1.807, 2.05) is 9.88 Å². The second-order valence-corrected chi connectivity index (χ2v) is 10.8. The van der Waals surface area contributed by atoms with E-state index in [0.717, 1.165) is 0 Å². The van der Waals surface area contributed by atoms with Gasteiger partial charge in [0.1, 0.15) is 0 Å². The maximum absolute atomic E-state index is 10.5. The summed E-state index contributed by atoms with van der Waals surface area (Å²) in [6.07, 6.45) is 1.20. The molecule has 77 valence electrons. The summed E-state index contributed by atoms with van der Waals surface area (Å²) in [5, 5.41) is 0. The van der Waals surface area contributed by atoms with E-state index in [4.69, 9.17) is 9.79 Å². The summed E-state index contributed by atoms with van der Waals surface area (Å²) < 4.78 is 15.3. The van der Waals surface area contributed by atoms with Crippen molar-refractivity contribution in [2.24, 2.45) is 0 Å². The van der Waals surface area contributed by atoms with Crippen LogP contribution in [0.1, 0.15) is 0 Å². The van der Waals surface area contributed by atoms with Gasteiger partial charge in [-0.3, -0.25) is 0 Å². The normalized spacial score (nSPS) is 11.8. The van der Waals surface area contributed by atoms with E-state index in [1.54, 1.807) is 0 Å². The quantitative estimate of drug-likeness (QED) is 0.559. The summed E-state index contributed by atoms with van der Waals surface area (Å²) in [7, 11) is -4.57. The van der Waals surface area contributed by atoms with E-state index >= 15 is 0 Å². The van der Waals surface area contributed by atoms with Crippen LogP contribution < -0.4 is 8.36 Å². The first-order valence-electron chi connectivity index (χ1n) is 3.63. The molecule has 9 heteroatoms. The Hall–Kier alpha value is -0.241. The summed E-state index contributed by atoms with van der Waals surface area (Å²) in [4.78, 5) is 32.3. The molecule has 0 amide bonds. The molecule has 0 aliphatic heterocycles. The number of nitrogens with zero attached hydrogens (tertiary/aromatic N) is 3. The molecular weight excluding hydrogens is 316 g/mol. The van der Waals surface area contributed by atoms with Crippen molar-refractivity contribution in [3.63, 3.8) is 0 Å². The van der Waals surface area contributed by atoms with Crippen molar-refractivity contribution in [2.75, 3.05) is 0 Å². The molecule has 0 aliphatic rings. The molecule has 1 radical (unpaired) electrons. The number of rotatable bonds is 3. The Bertz CT molecular complexity index is 368. The molecule has 0 atom stereocenters. The molecule has 0 saturated carbocycles. The van der Waals surface area contributed by atoms with E-state index in [1.165, 1.54) is 6.33 Å². The maximum atomic E-state index is 10.5. The van der Waals surface area contributed by atoms with Gasteiger partial charge >= 0.3 is 87.5 Å². The molecule has 2 N–H and O–H groups in total. The number of hydrogen-bond acceptors (Lipinski definition) is 5. The monoisotopic (exact) mass is 326 g/mol. The first-order chi connectivity index (χ1) is 6.38. The second-order valence-electron chi connectivity index (χ2n) is 2.67. The standard InChI is InChI=1S/C3H3N3O4P.2CH3.Sn/c7-11(8,9)10-3-5-1-4-2-6-3;;;/h1H,(H2,7,8,9);2*1H3;. The van der Waals surface area contributed by atoms with Crippen molar-refractivity contribution in [3.05, 3.63) is 6.33 Å². The van der Waals surface area contributed by atoms with E-state index in [0.29, 0.717) is 3.84 Å². The van der Waals surface area contributed by atoms with Crippen LogP contribution in [0.4, 0.5) is 0 Å². The zero-order chi connectivity index (χ0) is 10.8. The summed E-state index contributed by atoms with van der Waals surface area (Å²) in [5.74, 6) is 0. The van der Waals surface area contributed by atoms with E-state index in [9.17, 15) is 4.57 Å². The van der Waals surface area contributed by atoms with Crippen molar-refractivity contribution < 1.29 is 18.9 Å². The minimum absolute atomic E-state index is 0.315. The molecule has 0 aliphatic carbocycles. The molecule has 1 aromatic rings. The van der Waals surface area contributed by atoms with Crippen molar-refractivity contribution in [2.45, 2.75) is 9.88 Å². The molecule has 7 nitrogen and oxygen atoms in total. The van der Waals surface area contributed by atoms with Crippen molar-refractivity contribution in [1.29, 1.82) is 0 Å². The predicted octanol–water partition coefficient (Wildman–Crippen LogP) is -0.696. The van der Waals surface area contributed by atoms with Gasteiger partial charge in [-0.25, -0.2) is 0 Å². The Kier molecular flexibility index (Phi) is 3.82. The molecule has 0 fully saturated rings. The molecule has 1 heterocycles. The van der Waals surface area contributed by atoms with Gasteiger partial charge in [0, 0.05) is 0 Å². The van der Waals surface area contributed by atoms with Crippen molar-refractivity contribution in [3.8, 4) is 6.01 Å². The van der Waals surface area contributed by atoms with Crippen LogP contribution in [0, 0.1) is 0 Å². The fourth-order valence-electron chi connectivity index (χ4n) is 0.673. The van der Waals surface area contributed by atoms with Gasteiger partial charge < -0.3 is 0 Å². The third-order valence-electron chi connectivity index (χ3n) is 1.20. The molecular formula is C5H9N3O4PSn. The SMILES string of the molecule is [CH3][Sn]([CH3])[c]1ncnc(OP(=O)(O)O)n1. The van der Waals surface area contributed by atoms with E-state index in [2.05, 4.69) is 19.5 Å². The minimum atomic E-state index is -4.57. The summed E-state index contributed by atoms with van der Waals surface area (Å²) >= 11 is -1.74. The first kappa shape index (κ1) is 11.8. The average Bonchev–Trinajstić information content (AvgIpc) is 2.01. The van der Waals surface area contributed by atoms with Crippen molar-refractivity contribution in [1.82, 2.24) is 15.0 Å². The van der Waals surface area contributed by atoms with Gasteiger partial charge in [-0.1, -0.05) is 0 Å². The van der Waals surface area contributed by atoms with Crippen LogP contribution in [0.2, 0.25) is 9.88 Å². The summed E-state index contributed by atoms with van der Waals surface area (Å²) in [6, 6.07) is -0.315. The van der Waals surface area contributed by atoms with Crippen molar-refractivity contribution >= 4 is 31.4 Å². The van der Waals surface area contributed by atoms with Crippen LogP contribution in [-0.4, -0.2) is 44.5 Å². The van der Waals surface area contributed by atoms with Crippen LogP contribution >= 0.6 is 7.82 Å². The van der Waals surface area contributed by atoms with Crippen LogP contribution in [0.25, 0.3) is 0 Å². The average molecular weight is 325 g/mol. The predicted molar refractivity (Wildman–Crippen MR) is 49.6 cm³/mol. The van der Waals surface area contributed by atoms with Gasteiger partial charge in [-0.2, -0.15) is 0 Å². The molecule has 0 unspecified atom stereocenters. The van der Waals surface area contributed by atoms with E-state index < -0.39 is 27.6 Å². The summed E-state index contributed by atoms with van der Waals surface area (Å²) in [6.45, 7) is 0. The number of hydrogen-bond donors (Lipinski definition) is 2. The van der Waals surface area contributed by atoms with Crippen LogP contribution in [0.5, 0.6) is 6.01 Å². The van der Waals surface area contributed by atoms with Crippen LogP contribution in [0.3, 0.4) is 0 Å². The Morgan fingerprint density at radius 1 is 1.43 bits per heavy atom. The van der Waals surface area contributed by atoms with Gasteiger partial charge in [-0.15, -0.1) is 0 Å². The fraction of sp³-hybridized carbons (Fsp3) is 0.400. The number of aromatic nitrogens is 3. The topological polar surface area (TPSA) is 105 Å². The van der Waals surface area contributed by atoms with Gasteiger partial charge in [0.15, 0.2) is 0 Å². The molecule has 14 heavy (non-hydrogen) atoms. The number of phosphoric ester groups is 1. The molecule has 0 saturated heterocycles. The molecule has 0 spiro atoms. The summed E-state index contributed by atoms with van der Waals surface area (Å²) in [5.41, 5.74) is 0. The molecule has 0 bridgehead atoms. The zero-order valence-electron chi connectivity index (χ0n) is 7.58. The van der Waals surface area contributed by atoms with Gasteiger partial charge in [0.2, 0.25) is 0 Å².